The minimum absolute atomic E-state index is 0.543. The molecular weight excluding hydrogens is 248 g/mol. The second kappa shape index (κ2) is 5.47. The average Bonchev–Trinajstić information content (AvgIpc) is 2.86. The molecule has 0 bridgehead atoms. The summed E-state index contributed by atoms with van der Waals surface area (Å²) in [6, 6.07) is 5.71. The number of H-pyrrole nitrogens is 1. The molecule has 0 radical (unpaired) electrons. The number of hydrogen-bond acceptors (Lipinski definition) is 4. The van der Waals surface area contributed by atoms with Crippen molar-refractivity contribution in [2.24, 2.45) is 4.99 Å². The molecular formula is C12H12N4OS. The molecule has 0 aliphatic carbocycles. The third-order valence-electron chi connectivity index (χ3n) is 2.43. The summed E-state index contributed by atoms with van der Waals surface area (Å²) < 4.78 is 5.23. The van der Waals surface area contributed by atoms with E-state index in [0.29, 0.717) is 5.17 Å². The number of nitrogens with one attached hydrogen (secondary N) is 2. The highest BCUT2D eigenvalue weighted by atomic mass is 32.2. The number of nitriles is 1. The maximum absolute atomic E-state index is 8.63. The molecule has 0 aliphatic heterocycles. The molecule has 1 aromatic carbocycles. The Morgan fingerprint density at radius 3 is 3.06 bits per heavy atom. The lowest BCUT2D eigenvalue weighted by Gasteiger charge is -2.05. The van der Waals surface area contributed by atoms with Crippen molar-refractivity contribution in [3.05, 3.63) is 24.4 Å². The molecule has 18 heavy (non-hydrogen) atoms. The third-order valence-corrected chi connectivity index (χ3v) is 3.01. The Kier molecular flexibility index (Phi) is 3.75. The van der Waals surface area contributed by atoms with Gasteiger partial charge in [-0.25, -0.2) is 4.99 Å². The molecule has 0 spiro atoms. The van der Waals surface area contributed by atoms with E-state index in [1.165, 1.54) is 11.8 Å². The van der Waals surface area contributed by atoms with Crippen LogP contribution in [0, 0.1) is 11.5 Å². The van der Waals surface area contributed by atoms with Crippen LogP contribution in [0.4, 0.5) is 5.69 Å². The van der Waals surface area contributed by atoms with Crippen LogP contribution in [0.3, 0.4) is 0 Å². The number of amidine groups is 1. The van der Waals surface area contributed by atoms with Gasteiger partial charge in [-0.3, -0.25) is 5.32 Å². The van der Waals surface area contributed by atoms with Crippen LogP contribution in [0.5, 0.6) is 5.75 Å². The number of ether oxygens (including phenoxy) is 1. The molecule has 1 aromatic heterocycles. The van der Waals surface area contributed by atoms with Crippen molar-refractivity contribution in [1.82, 2.24) is 10.3 Å². The molecule has 0 aliphatic rings. The van der Waals surface area contributed by atoms with E-state index in [0.717, 1.165) is 22.3 Å². The predicted octanol–water partition coefficient (Wildman–Crippen LogP) is 2.60. The second-order valence-electron chi connectivity index (χ2n) is 3.45. The fourth-order valence-electron chi connectivity index (χ4n) is 1.61. The van der Waals surface area contributed by atoms with Gasteiger partial charge in [-0.2, -0.15) is 5.26 Å². The molecule has 0 atom stereocenters. The van der Waals surface area contributed by atoms with E-state index < -0.39 is 0 Å². The highest BCUT2D eigenvalue weighted by molar-refractivity contribution is 8.13. The predicted molar refractivity (Wildman–Crippen MR) is 74.2 cm³/mol. The van der Waals surface area contributed by atoms with E-state index in [9.17, 15) is 0 Å². The first-order valence-electron chi connectivity index (χ1n) is 5.21. The van der Waals surface area contributed by atoms with Gasteiger partial charge < -0.3 is 9.72 Å². The number of hydrogen-bond donors (Lipinski definition) is 2. The number of benzene rings is 1. The largest absolute Gasteiger partial charge is 0.497 e. The van der Waals surface area contributed by atoms with Crippen LogP contribution in [0.25, 0.3) is 10.9 Å². The Labute approximate surface area is 109 Å². The summed E-state index contributed by atoms with van der Waals surface area (Å²) in [5.41, 5.74) is 1.66. The Morgan fingerprint density at radius 2 is 2.39 bits per heavy atom. The second-order valence-corrected chi connectivity index (χ2v) is 4.24. The number of nitrogens with zero attached hydrogens (tertiary/aromatic N) is 2. The SMILES string of the molecule is COc1cc(N=C(NC#N)SC)c2[nH]ccc2c1. The van der Waals surface area contributed by atoms with Crippen molar-refractivity contribution in [3.63, 3.8) is 0 Å². The number of aliphatic imine (C=N–C) groups is 1. The number of fused-ring (bicyclic) bond motifs is 1. The summed E-state index contributed by atoms with van der Waals surface area (Å²) in [5.74, 6) is 0.735. The lowest BCUT2D eigenvalue weighted by molar-refractivity contribution is 0.415. The number of methoxy groups -OCH3 is 1. The molecule has 5 nitrogen and oxygen atoms in total. The van der Waals surface area contributed by atoms with E-state index in [1.807, 2.05) is 36.8 Å². The van der Waals surface area contributed by atoms with Crippen molar-refractivity contribution in [2.45, 2.75) is 0 Å². The van der Waals surface area contributed by atoms with Crippen molar-refractivity contribution in [1.29, 1.82) is 5.26 Å². The Balaban J connectivity index is 2.55. The molecule has 0 saturated carbocycles. The summed E-state index contributed by atoms with van der Waals surface area (Å²) in [6.07, 6.45) is 5.57. The van der Waals surface area contributed by atoms with Gasteiger partial charge in [0.25, 0.3) is 0 Å². The average molecular weight is 260 g/mol. The minimum atomic E-state index is 0.543. The summed E-state index contributed by atoms with van der Waals surface area (Å²) in [6.45, 7) is 0. The molecule has 1 heterocycles. The molecule has 0 fully saturated rings. The zero-order valence-corrected chi connectivity index (χ0v) is 10.8. The first kappa shape index (κ1) is 12.3. The lowest BCUT2D eigenvalue weighted by Crippen LogP contribution is -2.12. The zero-order valence-electron chi connectivity index (χ0n) is 10.0. The van der Waals surface area contributed by atoms with Gasteiger partial charge in [-0.15, -0.1) is 0 Å². The van der Waals surface area contributed by atoms with E-state index in [-0.39, 0.29) is 0 Å². The van der Waals surface area contributed by atoms with Crippen LogP contribution in [-0.4, -0.2) is 23.5 Å². The number of aromatic nitrogens is 1. The minimum Gasteiger partial charge on any atom is -0.497 e. The molecule has 0 amide bonds. The smallest absolute Gasteiger partial charge is 0.183 e. The van der Waals surface area contributed by atoms with E-state index >= 15 is 0 Å². The topological polar surface area (TPSA) is 73.2 Å². The molecule has 92 valence electrons. The van der Waals surface area contributed by atoms with Gasteiger partial charge in [0.05, 0.1) is 18.3 Å². The van der Waals surface area contributed by atoms with Gasteiger partial charge in [0, 0.05) is 17.6 Å². The van der Waals surface area contributed by atoms with Gasteiger partial charge in [0.2, 0.25) is 0 Å². The standard InChI is InChI=1S/C12H12N4OS/c1-17-9-5-8-3-4-14-11(8)10(6-9)16-12(18-2)15-7-13/h3-6,14H,1-2H3,(H,15,16). The first-order valence-corrected chi connectivity index (χ1v) is 6.44. The molecule has 0 unspecified atom stereocenters. The summed E-state index contributed by atoms with van der Waals surface area (Å²) in [7, 11) is 1.62. The van der Waals surface area contributed by atoms with E-state index in [4.69, 9.17) is 10.00 Å². The molecule has 2 N–H and O–H groups in total. The normalized spacial score (nSPS) is 11.3. The van der Waals surface area contributed by atoms with Crippen LogP contribution in [-0.2, 0) is 0 Å². The number of rotatable bonds is 2. The fourth-order valence-corrected chi connectivity index (χ4v) is 1.95. The van der Waals surface area contributed by atoms with E-state index in [1.54, 1.807) is 7.11 Å². The van der Waals surface area contributed by atoms with Crippen LogP contribution >= 0.6 is 11.8 Å². The first-order chi connectivity index (χ1) is 8.78. The fraction of sp³-hybridized carbons (Fsp3) is 0.167. The van der Waals surface area contributed by atoms with Crippen molar-refractivity contribution >= 4 is 33.5 Å². The van der Waals surface area contributed by atoms with Gasteiger partial charge in [-0.1, -0.05) is 11.8 Å². The van der Waals surface area contributed by atoms with Gasteiger partial charge in [0.15, 0.2) is 11.4 Å². The van der Waals surface area contributed by atoms with E-state index in [2.05, 4.69) is 15.3 Å². The van der Waals surface area contributed by atoms with Crippen LogP contribution in [0.2, 0.25) is 0 Å². The van der Waals surface area contributed by atoms with Gasteiger partial charge in [-0.05, 0) is 18.4 Å². The summed E-state index contributed by atoms with van der Waals surface area (Å²) >= 11 is 1.38. The lowest BCUT2D eigenvalue weighted by atomic mass is 10.2. The molecule has 2 rings (SSSR count). The number of thioether (sulfide) groups is 1. The van der Waals surface area contributed by atoms with Crippen molar-refractivity contribution in [2.75, 3.05) is 13.4 Å². The maximum atomic E-state index is 8.63. The summed E-state index contributed by atoms with van der Waals surface area (Å²) in [4.78, 5) is 7.54. The van der Waals surface area contributed by atoms with Gasteiger partial charge >= 0.3 is 0 Å². The van der Waals surface area contributed by atoms with Crippen molar-refractivity contribution < 1.29 is 4.74 Å². The Morgan fingerprint density at radius 1 is 1.56 bits per heavy atom. The van der Waals surface area contributed by atoms with Crippen LogP contribution in [0.15, 0.2) is 29.4 Å². The highest BCUT2D eigenvalue weighted by Gasteiger charge is 2.06. The zero-order chi connectivity index (χ0) is 13.0. The maximum Gasteiger partial charge on any atom is 0.183 e. The molecule has 0 saturated heterocycles. The quantitative estimate of drug-likeness (QED) is 0.377. The summed E-state index contributed by atoms with van der Waals surface area (Å²) in [5, 5.41) is 12.7. The van der Waals surface area contributed by atoms with Gasteiger partial charge in [0.1, 0.15) is 5.75 Å². The Bertz CT molecular complexity index is 627. The molecule has 6 heteroatoms. The number of aromatic amines is 1. The van der Waals surface area contributed by atoms with Crippen molar-refractivity contribution in [3.8, 4) is 11.9 Å². The monoisotopic (exact) mass is 260 g/mol. The molecule has 2 aromatic rings. The van der Waals surface area contributed by atoms with Crippen LogP contribution in [0.1, 0.15) is 0 Å². The Hall–Kier alpha value is -2.13. The highest BCUT2D eigenvalue weighted by Crippen LogP contribution is 2.30. The third kappa shape index (κ3) is 2.41. The van der Waals surface area contributed by atoms with Crippen LogP contribution < -0.4 is 10.1 Å².